The number of hydrogen-bond donors (Lipinski definition) is 2. The standard InChI is InChI=1S/C19H16N4O2S3/c24-16(22-18-20-7-9-27-18)6-3-8-23-17(25)15(28-19(23)26)10-12-11-21-14-5-2-1-4-13(12)14/h1-2,4-5,7,9-11,25H,3,6,8H2,(H,20,22,24)/b12-10-. The van der Waals surface area contributed by atoms with Gasteiger partial charge >= 0.3 is 0 Å². The predicted octanol–water partition coefficient (Wildman–Crippen LogP) is 5.12. The van der Waals surface area contributed by atoms with E-state index in [1.54, 1.807) is 17.0 Å². The van der Waals surface area contributed by atoms with Crippen LogP contribution in [0.4, 0.5) is 10.8 Å². The molecule has 1 aliphatic rings. The topological polar surface area (TPSA) is 79.5 Å². The van der Waals surface area contributed by atoms with Crippen molar-refractivity contribution in [2.45, 2.75) is 19.4 Å². The molecule has 0 saturated heterocycles. The number of aliphatic imine (C=N–C) groups is 1. The van der Waals surface area contributed by atoms with Gasteiger partial charge in [0.25, 0.3) is 0 Å². The minimum absolute atomic E-state index is 0.0997. The average Bonchev–Trinajstić information content (AvgIpc) is 3.39. The van der Waals surface area contributed by atoms with E-state index in [-0.39, 0.29) is 11.8 Å². The van der Waals surface area contributed by atoms with Crippen molar-refractivity contribution in [3.63, 3.8) is 0 Å². The molecule has 0 unspecified atom stereocenters. The van der Waals surface area contributed by atoms with Crippen LogP contribution in [0.15, 0.2) is 40.8 Å². The Balaban J connectivity index is 1.44. The second-order valence-electron chi connectivity index (χ2n) is 6.07. The van der Waals surface area contributed by atoms with E-state index in [1.807, 2.05) is 35.7 Å². The van der Waals surface area contributed by atoms with Crippen molar-refractivity contribution in [2.24, 2.45) is 4.99 Å². The van der Waals surface area contributed by atoms with Gasteiger partial charge in [-0.2, -0.15) is 0 Å². The van der Waals surface area contributed by atoms with Gasteiger partial charge in [0.05, 0.1) is 10.6 Å². The predicted molar refractivity (Wildman–Crippen MR) is 117 cm³/mol. The lowest BCUT2D eigenvalue weighted by Gasteiger charge is -2.05. The Bertz CT molecular complexity index is 1130. The van der Waals surface area contributed by atoms with Gasteiger partial charge in [0.15, 0.2) is 9.09 Å². The van der Waals surface area contributed by atoms with Crippen molar-refractivity contribution in [3.05, 3.63) is 50.2 Å². The molecule has 1 amide bonds. The molecule has 2 N–H and O–H groups in total. The van der Waals surface area contributed by atoms with Gasteiger partial charge in [-0.3, -0.25) is 14.4 Å². The van der Waals surface area contributed by atoms with Crippen molar-refractivity contribution in [2.75, 3.05) is 5.32 Å². The lowest BCUT2D eigenvalue weighted by Crippen LogP contribution is -2.12. The van der Waals surface area contributed by atoms with Crippen LogP contribution in [-0.4, -0.2) is 26.8 Å². The molecule has 3 aromatic rings. The molecule has 0 atom stereocenters. The minimum atomic E-state index is -0.0997. The molecule has 0 radical (unpaired) electrons. The number of benzene rings is 1. The first kappa shape index (κ1) is 18.7. The van der Waals surface area contributed by atoms with Gasteiger partial charge in [-0.1, -0.05) is 18.2 Å². The first-order valence-electron chi connectivity index (χ1n) is 8.59. The summed E-state index contributed by atoms with van der Waals surface area (Å²) in [5, 5.41) is 15.7. The Labute approximate surface area is 174 Å². The zero-order chi connectivity index (χ0) is 19.5. The van der Waals surface area contributed by atoms with Crippen molar-refractivity contribution in [1.29, 1.82) is 0 Å². The summed E-state index contributed by atoms with van der Waals surface area (Å²) in [5.41, 5.74) is 2.89. The molecule has 0 saturated carbocycles. The van der Waals surface area contributed by atoms with Crippen molar-refractivity contribution < 1.29 is 9.90 Å². The van der Waals surface area contributed by atoms with Gasteiger partial charge in [0, 0.05) is 41.9 Å². The molecule has 0 aliphatic carbocycles. The number of carbonyl (C=O) groups excluding carboxylic acids is 1. The van der Waals surface area contributed by atoms with Crippen molar-refractivity contribution in [3.8, 4) is 5.88 Å². The van der Waals surface area contributed by atoms with E-state index in [1.165, 1.54) is 22.7 Å². The number of nitrogens with zero attached hydrogens (tertiary/aromatic N) is 3. The quantitative estimate of drug-likeness (QED) is 0.534. The lowest BCUT2D eigenvalue weighted by molar-refractivity contribution is -0.116. The molecule has 28 heavy (non-hydrogen) atoms. The molecule has 0 spiro atoms. The number of thiazole rings is 2. The summed E-state index contributed by atoms with van der Waals surface area (Å²) in [6.45, 7) is 0.473. The van der Waals surface area contributed by atoms with Gasteiger partial charge in [0.2, 0.25) is 11.8 Å². The highest BCUT2D eigenvalue weighted by atomic mass is 32.1. The first-order valence-corrected chi connectivity index (χ1v) is 10.7. The van der Waals surface area contributed by atoms with E-state index in [0.29, 0.717) is 33.3 Å². The molecule has 1 aliphatic heterocycles. The molecular weight excluding hydrogens is 412 g/mol. The molecule has 3 heterocycles. The highest BCUT2D eigenvalue weighted by molar-refractivity contribution is 7.73. The Morgan fingerprint density at radius 1 is 1.36 bits per heavy atom. The number of nitrogens with one attached hydrogen (secondary N) is 1. The molecule has 6 nitrogen and oxygen atoms in total. The summed E-state index contributed by atoms with van der Waals surface area (Å²) >= 11 is 8.13. The molecule has 4 rings (SSSR count). The summed E-state index contributed by atoms with van der Waals surface area (Å²) in [4.78, 5) is 21.1. The number of fused-ring (bicyclic) bond motifs is 1. The van der Waals surface area contributed by atoms with Crippen LogP contribution in [0.3, 0.4) is 0 Å². The number of para-hydroxylation sites is 1. The number of aromatic hydroxyl groups is 1. The Morgan fingerprint density at radius 3 is 3.04 bits per heavy atom. The molecule has 2 aromatic heterocycles. The van der Waals surface area contributed by atoms with Crippen LogP contribution in [-0.2, 0) is 11.3 Å². The summed E-state index contributed by atoms with van der Waals surface area (Å²) in [5.74, 6) is 0.0258. The average molecular weight is 429 g/mol. The van der Waals surface area contributed by atoms with Crippen LogP contribution in [0.25, 0.3) is 11.6 Å². The maximum atomic E-state index is 12.0. The molecule has 142 valence electrons. The molecular formula is C19H16N4O2S3. The zero-order valence-corrected chi connectivity index (χ0v) is 17.1. The summed E-state index contributed by atoms with van der Waals surface area (Å²) in [6.07, 6.45) is 6.23. The fraction of sp³-hybridized carbons (Fsp3) is 0.158. The van der Waals surface area contributed by atoms with Crippen LogP contribution in [0, 0.1) is 3.95 Å². The lowest BCUT2D eigenvalue weighted by atomic mass is 10.1. The van der Waals surface area contributed by atoms with Crippen molar-refractivity contribution >= 4 is 69.5 Å². The SMILES string of the molecule is O=C(CCCn1c(O)c(/C=C2/C=Nc3ccccc32)sc1=S)Nc1nccs1. The van der Waals surface area contributed by atoms with Crippen LogP contribution in [0.5, 0.6) is 5.88 Å². The third-order valence-electron chi connectivity index (χ3n) is 4.20. The molecule has 1 aromatic carbocycles. The first-order chi connectivity index (χ1) is 13.6. The fourth-order valence-electron chi connectivity index (χ4n) is 2.87. The van der Waals surface area contributed by atoms with E-state index in [4.69, 9.17) is 12.2 Å². The number of aromatic nitrogens is 2. The number of allylic oxidation sites excluding steroid dienone is 1. The third kappa shape index (κ3) is 3.96. The molecule has 0 fully saturated rings. The third-order valence-corrected chi connectivity index (χ3v) is 6.28. The number of amides is 1. The van der Waals surface area contributed by atoms with Gasteiger partial charge in [-0.15, -0.1) is 22.7 Å². The van der Waals surface area contributed by atoms with Gasteiger partial charge in [-0.05, 0) is 30.8 Å². The zero-order valence-electron chi connectivity index (χ0n) is 14.7. The fourth-order valence-corrected chi connectivity index (χ4v) is 4.72. The Kier molecular flexibility index (Phi) is 5.47. The van der Waals surface area contributed by atoms with Crippen LogP contribution in [0.1, 0.15) is 23.3 Å². The number of carbonyl (C=O) groups is 1. The molecule has 0 bridgehead atoms. The van der Waals surface area contributed by atoms with E-state index < -0.39 is 0 Å². The second-order valence-corrected chi connectivity index (χ2v) is 8.64. The smallest absolute Gasteiger partial charge is 0.226 e. The summed E-state index contributed by atoms with van der Waals surface area (Å²) in [7, 11) is 0. The highest BCUT2D eigenvalue weighted by Gasteiger charge is 2.15. The van der Waals surface area contributed by atoms with Crippen LogP contribution >= 0.6 is 34.9 Å². The Morgan fingerprint density at radius 2 is 2.21 bits per heavy atom. The number of rotatable bonds is 6. The van der Waals surface area contributed by atoms with Gasteiger partial charge < -0.3 is 10.4 Å². The largest absolute Gasteiger partial charge is 0.493 e. The maximum absolute atomic E-state index is 12.0. The van der Waals surface area contributed by atoms with Crippen LogP contribution in [0.2, 0.25) is 0 Å². The van der Waals surface area contributed by atoms with Crippen LogP contribution < -0.4 is 5.32 Å². The van der Waals surface area contributed by atoms with Gasteiger partial charge in [0.1, 0.15) is 0 Å². The maximum Gasteiger partial charge on any atom is 0.226 e. The normalized spacial score (nSPS) is 13.8. The van der Waals surface area contributed by atoms with Crippen molar-refractivity contribution in [1.82, 2.24) is 9.55 Å². The molecule has 9 heteroatoms. The number of hydrogen-bond acceptors (Lipinski definition) is 7. The van der Waals surface area contributed by atoms with E-state index in [9.17, 15) is 9.90 Å². The highest BCUT2D eigenvalue weighted by Crippen LogP contribution is 2.35. The minimum Gasteiger partial charge on any atom is -0.493 e. The monoisotopic (exact) mass is 428 g/mol. The summed E-state index contributed by atoms with van der Waals surface area (Å²) < 4.78 is 2.24. The summed E-state index contributed by atoms with van der Waals surface area (Å²) in [6, 6.07) is 7.87. The second kappa shape index (κ2) is 8.17. The Hall–Kier alpha value is -2.62. The van der Waals surface area contributed by atoms with E-state index >= 15 is 0 Å². The van der Waals surface area contributed by atoms with E-state index in [2.05, 4.69) is 15.3 Å². The number of anilines is 1. The van der Waals surface area contributed by atoms with E-state index in [0.717, 1.165) is 16.8 Å². The van der Waals surface area contributed by atoms with Gasteiger partial charge in [-0.25, -0.2) is 4.98 Å².